The predicted octanol–water partition coefficient (Wildman–Crippen LogP) is 2.75. The molecule has 0 unspecified atom stereocenters. The molecule has 1 aromatic carbocycles. The zero-order chi connectivity index (χ0) is 17.6. The smallest absolute Gasteiger partial charge is 0.317 e. The molecule has 7 nitrogen and oxygen atoms in total. The van der Waals surface area contributed by atoms with Gasteiger partial charge >= 0.3 is 6.03 Å². The molecule has 134 valence electrons. The molecule has 1 aliphatic heterocycles. The van der Waals surface area contributed by atoms with Crippen LogP contribution in [0.25, 0.3) is 11.4 Å². The van der Waals surface area contributed by atoms with Gasteiger partial charge < -0.3 is 19.5 Å². The maximum absolute atomic E-state index is 12.1. The number of hydrogen-bond acceptors (Lipinski definition) is 5. The van der Waals surface area contributed by atoms with E-state index in [1.54, 1.807) is 24.1 Å². The normalized spacial score (nSPS) is 16.8. The molecule has 1 fully saturated rings. The van der Waals surface area contributed by atoms with Crippen LogP contribution in [0.4, 0.5) is 4.79 Å². The van der Waals surface area contributed by atoms with E-state index in [0.29, 0.717) is 36.2 Å². The number of benzene rings is 1. The molecule has 1 atom stereocenters. The van der Waals surface area contributed by atoms with Crippen LogP contribution in [-0.2, 0) is 11.2 Å². The molecule has 8 heteroatoms. The van der Waals surface area contributed by atoms with Gasteiger partial charge in [0.15, 0.2) is 0 Å². The third-order valence-electron chi connectivity index (χ3n) is 4.03. The second-order valence-corrected chi connectivity index (χ2v) is 6.45. The minimum atomic E-state index is -0.132. The standard InChI is InChI=1S/C17H21ClN4O3/c1-22(11-14-3-2-10-24-14)17(23)19-9-8-15-20-16(21-25-15)12-4-6-13(18)7-5-12/h4-7,14H,2-3,8-11H2,1H3,(H,19,23)/t14-/m1/s1. The van der Waals surface area contributed by atoms with Gasteiger partial charge in [-0.1, -0.05) is 16.8 Å². The zero-order valence-corrected chi connectivity index (χ0v) is 14.8. The van der Waals surface area contributed by atoms with Crippen molar-refractivity contribution in [3.63, 3.8) is 0 Å². The fourth-order valence-electron chi connectivity index (χ4n) is 2.66. The number of carbonyl (C=O) groups is 1. The van der Waals surface area contributed by atoms with E-state index in [1.807, 2.05) is 12.1 Å². The highest BCUT2D eigenvalue weighted by atomic mass is 35.5. The molecule has 0 aliphatic carbocycles. The number of hydrogen-bond donors (Lipinski definition) is 1. The molecule has 3 rings (SSSR count). The average Bonchev–Trinajstić information content (AvgIpc) is 3.27. The molecule has 1 aliphatic rings. The van der Waals surface area contributed by atoms with Crippen LogP contribution in [0.1, 0.15) is 18.7 Å². The fourth-order valence-corrected chi connectivity index (χ4v) is 2.79. The molecule has 1 aromatic heterocycles. The van der Waals surface area contributed by atoms with Gasteiger partial charge in [-0.2, -0.15) is 4.98 Å². The van der Waals surface area contributed by atoms with Crippen molar-refractivity contribution in [2.75, 3.05) is 26.7 Å². The van der Waals surface area contributed by atoms with Gasteiger partial charge in [0.05, 0.1) is 6.10 Å². The first-order valence-electron chi connectivity index (χ1n) is 8.31. The third-order valence-corrected chi connectivity index (χ3v) is 4.29. The van der Waals surface area contributed by atoms with Gasteiger partial charge in [-0.15, -0.1) is 0 Å². The number of aromatic nitrogens is 2. The lowest BCUT2D eigenvalue weighted by atomic mass is 10.2. The highest BCUT2D eigenvalue weighted by Gasteiger charge is 2.20. The molecule has 25 heavy (non-hydrogen) atoms. The van der Waals surface area contributed by atoms with E-state index in [1.165, 1.54) is 0 Å². The summed E-state index contributed by atoms with van der Waals surface area (Å²) in [4.78, 5) is 18.0. The Morgan fingerprint density at radius 2 is 2.20 bits per heavy atom. The van der Waals surface area contributed by atoms with Crippen molar-refractivity contribution in [3.8, 4) is 11.4 Å². The number of urea groups is 1. The van der Waals surface area contributed by atoms with Crippen molar-refractivity contribution in [1.82, 2.24) is 20.4 Å². The Hall–Kier alpha value is -2.12. The number of nitrogens with one attached hydrogen (secondary N) is 1. The molecule has 2 amide bonds. The van der Waals surface area contributed by atoms with E-state index < -0.39 is 0 Å². The van der Waals surface area contributed by atoms with Crippen molar-refractivity contribution >= 4 is 17.6 Å². The van der Waals surface area contributed by atoms with Crippen molar-refractivity contribution in [1.29, 1.82) is 0 Å². The fraction of sp³-hybridized carbons (Fsp3) is 0.471. The van der Waals surface area contributed by atoms with Crippen molar-refractivity contribution in [2.45, 2.75) is 25.4 Å². The molecular formula is C17H21ClN4O3. The summed E-state index contributed by atoms with van der Waals surface area (Å²) < 4.78 is 10.8. The first-order valence-corrected chi connectivity index (χ1v) is 8.68. The van der Waals surface area contributed by atoms with Crippen LogP contribution in [-0.4, -0.2) is 53.9 Å². The number of halogens is 1. The number of amides is 2. The van der Waals surface area contributed by atoms with Crippen LogP contribution in [0.2, 0.25) is 5.02 Å². The SMILES string of the molecule is CN(C[C@H]1CCCO1)C(=O)NCCc1nc(-c2ccc(Cl)cc2)no1. The van der Waals surface area contributed by atoms with Gasteiger partial charge in [-0.3, -0.25) is 0 Å². The Balaban J connectivity index is 1.44. The number of rotatable bonds is 6. The van der Waals surface area contributed by atoms with Gasteiger partial charge in [-0.25, -0.2) is 4.79 Å². The van der Waals surface area contributed by atoms with E-state index in [4.69, 9.17) is 20.9 Å². The molecule has 1 N–H and O–H groups in total. The summed E-state index contributed by atoms with van der Waals surface area (Å²) in [5.74, 6) is 0.987. The Bertz CT molecular complexity index is 698. The molecule has 1 saturated heterocycles. The second-order valence-electron chi connectivity index (χ2n) is 6.02. The lowest BCUT2D eigenvalue weighted by molar-refractivity contribution is 0.0875. The van der Waals surface area contributed by atoms with Gasteiger partial charge in [0, 0.05) is 43.8 Å². The minimum absolute atomic E-state index is 0.132. The van der Waals surface area contributed by atoms with E-state index in [9.17, 15) is 4.79 Å². The van der Waals surface area contributed by atoms with Crippen LogP contribution in [0.3, 0.4) is 0 Å². The van der Waals surface area contributed by atoms with E-state index in [0.717, 1.165) is 25.0 Å². The first kappa shape index (κ1) is 17.7. The predicted molar refractivity (Wildman–Crippen MR) is 93.5 cm³/mol. The van der Waals surface area contributed by atoms with Crippen molar-refractivity contribution in [3.05, 3.63) is 35.2 Å². The zero-order valence-electron chi connectivity index (χ0n) is 14.1. The monoisotopic (exact) mass is 364 g/mol. The Morgan fingerprint density at radius 3 is 2.92 bits per heavy atom. The summed E-state index contributed by atoms with van der Waals surface area (Å²) >= 11 is 5.87. The highest BCUT2D eigenvalue weighted by Crippen LogP contribution is 2.18. The number of nitrogens with zero attached hydrogens (tertiary/aromatic N) is 3. The van der Waals surface area contributed by atoms with Crippen LogP contribution in [0.5, 0.6) is 0 Å². The van der Waals surface area contributed by atoms with Crippen LogP contribution in [0.15, 0.2) is 28.8 Å². The molecule has 0 saturated carbocycles. The Morgan fingerprint density at radius 1 is 1.40 bits per heavy atom. The van der Waals surface area contributed by atoms with E-state index >= 15 is 0 Å². The van der Waals surface area contributed by atoms with Crippen molar-refractivity contribution in [2.24, 2.45) is 0 Å². The average molecular weight is 365 g/mol. The summed E-state index contributed by atoms with van der Waals surface area (Å²) in [6, 6.07) is 7.08. The van der Waals surface area contributed by atoms with Gasteiger partial charge in [0.2, 0.25) is 11.7 Å². The minimum Gasteiger partial charge on any atom is -0.376 e. The molecule has 0 bridgehead atoms. The van der Waals surface area contributed by atoms with Crippen LogP contribution < -0.4 is 5.32 Å². The van der Waals surface area contributed by atoms with Gasteiger partial charge in [0.1, 0.15) is 0 Å². The van der Waals surface area contributed by atoms with Crippen LogP contribution in [0, 0.1) is 0 Å². The number of ether oxygens (including phenoxy) is 1. The van der Waals surface area contributed by atoms with Gasteiger partial charge in [-0.05, 0) is 37.1 Å². The molecule has 2 heterocycles. The highest BCUT2D eigenvalue weighted by molar-refractivity contribution is 6.30. The third kappa shape index (κ3) is 4.93. The number of likely N-dealkylation sites (N-methyl/N-ethyl adjacent to an activating group) is 1. The molecular weight excluding hydrogens is 344 g/mol. The molecule has 0 spiro atoms. The molecule has 0 radical (unpaired) electrons. The lowest BCUT2D eigenvalue weighted by Gasteiger charge is -2.21. The second kappa shape index (κ2) is 8.31. The maximum Gasteiger partial charge on any atom is 0.317 e. The maximum atomic E-state index is 12.1. The quantitative estimate of drug-likeness (QED) is 0.852. The summed E-state index contributed by atoms with van der Waals surface area (Å²) in [6.45, 7) is 1.82. The largest absolute Gasteiger partial charge is 0.376 e. The summed E-state index contributed by atoms with van der Waals surface area (Å²) in [5, 5.41) is 7.45. The lowest BCUT2D eigenvalue weighted by Crippen LogP contribution is -2.41. The molecule has 2 aromatic rings. The Kier molecular flexibility index (Phi) is 5.88. The van der Waals surface area contributed by atoms with Crippen LogP contribution >= 0.6 is 11.6 Å². The van der Waals surface area contributed by atoms with E-state index in [-0.39, 0.29) is 12.1 Å². The summed E-state index contributed by atoms with van der Waals surface area (Å²) in [5.41, 5.74) is 0.833. The topological polar surface area (TPSA) is 80.5 Å². The summed E-state index contributed by atoms with van der Waals surface area (Å²) in [6.07, 6.45) is 2.69. The summed E-state index contributed by atoms with van der Waals surface area (Å²) in [7, 11) is 1.77. The Labute approximate surface area is 151 Å². The first-order chi connectivity index (χ1) is 12.1. The number of carbonyl (C=O) groups excluding carboxylic acids is 1. The van der Waals surface area contributed by atoms with Crippen molar-refractivity contribution < 1.29 is 14.1 Å². The van der Waals surface area contributed by atoms with E-state index in [2.05, 4.69) is 15.5 Å². The van der Waals surface area contributed by atoms with Gasteiger partial charge in [0.25, 0.3) is 0 Å².